The van der Waals surface area contributed by atoms with Crippen LogP contribution in [-0.2, 0) is 11.0 Å². The molecular weight excluding hydrogens is 355 g/mol. The summed E-state index contributed by atoms with van der Waals surface area (Å²) in [5, 5.41) is 4.96. The number of carbonyl (C=O) groups excluding carboxylic acids is 1. The lowest BCUT2D eigenvalue weighted by Gasteiger charge is -2.31. The number of likely N-dealkylation sites (N-methyl/N-ethyl adjacent to an activating group) is 1. The highest BCUT2D eigenvalue weighted by Crippen LogP contribution is 2.35. The Morgan fingerprint density at radius 3 is 2.60 bits per heavy atom. The van der Waals surface area contributed by atoms with E-state index in [9.17, 15) is 18.0 Å². The van der Waals surface area contributed by atoms with Crippen LogP contribution in [0.2, 0.25) is 0 Å². The topological polar surface area (TPSA) is 55.3 Å². The lowest BCUT2D eigenvalue weighted by molar-refractivity contribution is -0.138. The molecule has 1 aromatic rings. The lowest BCUT2D eigenvalue weighted by atomic mass is 9.81. The van der Waals surface area contributed by atoms with Gasteiger partial charge in [-0.1, -0.05) is 41.9 Å². The standard InChI is InChI=1S/C16H20F3N3O2S/c1-5-22(11-6-10(2)7-15(3,4)8-11)12(23)9-24-14-21-20-13(25-14)16(17,18)19/h6,8H,5,7,9H2,1-4H3. The molecule has 0 saturated carbocycles. The molecule has 0 bridgehead atoms. The summed E-state index contributed by atoms with van der Waals surface area (Å²) in [7, 11) is 0. The summed E-state index contributed by atoms with van der Waals surface area (Å²) in [4.78, 5) is 14.0. The number of allylic oxidation sites excluding steroid dienone is 3. The quantitative estimate of drug-likeness (QED) is 0.779. The van der Waals surface area contributed by atoms with E-state index in [2.05, 4.69) is 24.0 Å². The third-order valence-electron chi connectivity index (χ3n) is 3.56. The van der Waals surface area contributed by atoms with E-state index in [1.807, 2.05) is 26.0 Å². The van der Waals surface area contributed by atoms with Crippen molar-refractivity contribution in [2.75, 3.05) is 13.2 Å². The van der Waals surface area contributed by atoms with Gasteiger partial charge in [-0.15, -0.1) is 5.10 Å². The van der Waals surface area contributed by atoms with Crippen molar-refractivity contribution in [2.24, 2.45) is 5.41 Å². The van der Waals surface area contributed by atoms with E-state index in [-0.39, 0.29) is 27.9 Å². The van der Waals surface area contributed by atoms with Crippen LogP contribution in [-0.4, -0.2) is 34.2 Å². The van der Waals surface area contributed by atoms with E-state index in [1.54, 1.807) is 4.90 Å². The van der Waals surface area contributed by atoms with Gasteiger partial charge in [-0.2, -0.15) is 13.2 Å². The minimum absolute atomic E-state index is 0.0659. The van der Waals surface area contributed by atoms with Gasteiger partial charge >= 0.3 is 6.18 Å². The number of carbonyl (C=O) groups is 1. The molecule has 1 amide bonds. The molecule has 0 N–H and O–H groups in total. The zero-order chi connectivity index (χ0) is 18.8. The lowest BCUT2D eigenvalue weighted by Crippen LogP contribution is -2.35. The molecule has 0 spiro atoms. The highest BCUT2D eigenvalue weighted by molar-refractivity contribution is 7.13. The van der Waals surface area contributed by atoms with Crippen molar-refractivity contribution in [1.29, 1.82) is 0 Å². The molecule has 9 heteroatoms. The monoisotopic (exact) mass is 375 g/mol. The predicted molar refractivity (Wildman–Crippen MR) is 88.0 cm³/mol. The van der Waals surface area contributed by atoms with Gasteiger partial charge in [0.15, 0.2) is 6.61 Å². The third kappa shape index (κ3) is 5.04. The van der Waals surface area contributed by atoms with E-state index >= 15 is 0 Å². The Labute approximate surface area is 148 Å². The van der Waals surface area contributed by atoms with Gasteiger partial charge in [0.1, 0.15) is 0 Å². The van der Waals surface area contributed by atoms with Gasteiger partial charge in [-0.25, -0.2) is 0 Å². The van der Waals surface area contributed by atoms with Crippen LogP contribution in [0.25, 0.3) is 0 Å². The molecule has 0 aromatic carbocycles. The first kappa shape index (κ1) is 19.4. The summed E-state index contributed by atoms with van der Waals surface area (Å²) in [5.41, 5.74) is 1.87. The number of ether oxygens (including phenoxy) is 1. The first-order valence-electron chi connectivity index (χ1n) is 7.76. The largest absolute Gasteiger partial charge is 0.459 e. The molecule has 25 heavy (non-hydrogen) atoms. The molecule has 138 valence electrons. The molecule has 0 atom stereocenters. The number of halogens is 3. The highest BCUT2D eigenvalue weighted by atomic mass is 32.1. The molecule has 1 aliphatic carbocycles. The fraction of sp³-hybridized carbons (Fsp3) is 0.562. The number of hydrogen-bond donors (Lipinski definition) is 0. The summed E-state index contributed by atoms with van der Waals surface area (Å²) < 4.78 is 42.6. The molecule has 0 saturated heterocycles. The van der Waals surface area contributed by atoms with Crippen LogP contribution in [0.4, 0.5) is 13.2 Å². The molecule has 2 rings (SSSR count). The average Bonchev–Trinajstić information content (AvgIpc) is 2.92. The number of hydrogen-bond acceptors (Lipinski definition) is 5. The van der Waals surface area contributed by atoms with Crippen LogP contribution in [0.5, 0.6) is 5.19 Å². The Balaban J connectivity index is 2.06. The Morgan fingerprint density at radius 1 is 1.40 bits per heavy atom. The zero-order valence-corrected chi connectivity index (χ0v) is 15.3. The maximum Gasteiger partial charge on any atom is 0.445 e. The minimum atomic E-state index is -4.57. The van der Waals surface area contributed by atoms with Gasteiger partial charge in [0.25, 0.3) is 11.1 Å². The summed E-state index contributed by atoms with van der Waals surface area (Å²) in [6.07, 6.45) is 0.302. The molecule has 1 heterocycles. The molecule has 1 aromatic heterocycles. The Morgan fingerprint density at radius 2 is 2.08 bits per heavy atom. The molecule has 0 fully saturated rings. The Kier molecular flexibility index (Phi) is 5.55. The van der Waals surface area contributed by atoms with Gasteiger partial charge in [0.2, 0.25) is 5.01 Å². The number of alkyl halides is 3. The van der Waals surface area contributed by atoms with Crippen molar-refractivity contribution < 1.29 is 22.7 Å². The van der Waals surface area contributed by atoms with E-state index < -0.39 is 17.8 Å². The van der Waals surface area contributed by atoms with Crippen LogP contribution in [0.3, 0.4) is 0 Å². The number of aromatic nitrogens is 2. The second-order valence-corrected chi connectivity index (χ2v) is 7.46. The van der Waals surface area contributed by atoms with Crippen molar-refractivity contribution in [3.05, 3.63) is 28.4 Å². The van der Waals surface area contributed by atoms with Crippen molar-refractivity contribution in [2.45, 2.75) is 40.3 Å². The van der Waals surface area contributed by atoms with E-state index in [1.165, 1.54) is 0 Å². The summed E-state index contributed by atoms with van der Waals surface area (Å²) >= 11 is 0.270. The summed E-state index contributed by atoms with van der Waals surface area (Å²) in [6, 6.07) is 0. The van der Waals surface area contributed by atoms with E-state index in [0.29, 0.717) is 6.54 Å². The van der Waals surface area contributed by atoms with Crippen LogP contribution < -0.4 is 4.74 Å². The number of amides is 1. The first-order chi connectivity index (χ1) is 11.5. The second kappa shape index (κ2) is 7.15. The third-order valence-corrected chi connectivity index (χ3v) is 4.44. The van der Waals surface area contributed by atoms with Gasteiger partial charge in [0, 0.05) is 12.2 Å². The Hall–Kier alpha value is -1.90. The highest BCUT2D eigenvalue weighted by Gasteiger charge is 2.36. The van der Waals surface area contributed by atoms with Crippen molar-refractivity contribution in [1.82, 2.24) is 15.1 Å². The molecule has 0 unspecified atom stereocenters. The van der Waals surface area contributed by atoms with Gasteiger partial charge in [-0.3, -0.25) is 4.79 Å². The number of nitrogens with zero attached hydrogens (tertiary/aromatic N) is 3. The number of rotatable bonds is 5. The minimum Gasteiger partial charge on any atom is -0.459 e. The zero-order valence-electron chi connectivity index (χ0n) is 14.5. The van der Waals surface area contributed by atoms with Gasteiger partial charge in [-0.05, 0) is 31.8 Å². The Bertz CT molecular complexity index is 708. The fourth-order valence-corrected chi connectivity index (χ4v) is 3.32. The van der Waals surface area contributed by atoms with Crippen molar-refractivity contribution in [3.8, 4) is 5.19 Å². The van der Waals surface area contributed by atoms with E-state index in [0.717, 1.165) is 17.7 Å². The molecule has 0 aliphatic heterocycles. The second-order valence-electron chi connectivity index (χ2n) is 6.52. The van der Waals surface area contributed by atoms with Crippen molar-refractivity contribution in [3.63, 3.8) is 0 Å². The SMILES string of the molecule is CCN(C(=O)COc1nnc(C(F)(F)F)s1)C1=CC(C)(C)CC(C)=C1. The molecular formula is C16H20F3N3O2S. The van der Waals surface area contributed by atoms with Gasteiger partial charge in [0.05, 0.1) is 0 Å². The maximum atomic E-state index is 12.5. The van der Waals surface area contributed by atoms with Gasteiger partial charge < -0.3 is 9.64 Å². The average molecular weight is 375 g/mol. The van der Waals surface area contributed by atoms with Crippen LogP contribution >= 0.6 is 11.3 Å². The maximum absolute atomic E-state index is 12.5. The van der Waals surface area contributed by atoms with Crippen molar-refractivity contribution >= 4 is 17.2 Å². The van der Waals surface area contributed by atoms with Crippen LogP contribution in [0.1, 0.15) is 39.1 Å². The fourth-order valence-electron chi connectivity index (χ4n) is 2.76. The van der Waals surface area contributed by atoms with Crippen LogP contribution in [0.15, 0.2) is 23.4 Å². The first-order valence-corrected chi connectivity index (χ1v) is 8.57. The normalized spacial score (nSPS) is 16.9. The molecule has 1 aliphatic rings. The smallest absolute Gasteiger partial charge is 0.445 e. The van der Waals surface area contributed by atoms with Crippen LogP contribution in [0, 0.1) is 5.41 Å². The predicted octanol–water partition coefficient (Wildman–Crippen LogP) is 4.04. The van der Waals surface area contributed by atoms with E-state index in [4.69, 9.17) is 4.74 Å². The molecule has 0 radical (unpaired) electrons. The molecule has 5 nitrogen and oxygen atoms in total. The summed E-state index contributed by atoms with van der Waals surface area (Å²) in [5.74, 6) is -0.348. The summed E-state index contributed by atoms with van der Waals surface area (Å²) in [6.45, 7) is 8.03.